The highest BCUT2D eigenvalue weighted by Gasteiger charge is 2.28. The van der Waals surface area contributed by atoms with Crippen LogP contribution in [0.4, 0.5) is 0 Å². The molecule has 11 nitrogen and oxygen atoms in total. The Labute approximate surface area is 281 Å². The molecule has 0 saturated heterocycles. The zero-order valence-corrected chi connectivity index (χ0v) is 27.5. The van der Waals surface area contributed by atoms with E-state index >= 15 is 0 Å². The Morgan fingerprint density at radius 3 is 1.94 bits per heavy atom. The number of carbonyl (C=O) groups excluding carboxylic acids is 4. The summed E-state index contributed by atoms with van der Waals surface area (Å²) in [4.78, 5) is 56.4. The topological polar surface area (TPSA) is 181 Å². The SMILES string of the molecule is CC[C@H](NC(=O)[C@@H](CCCN=C(N)N)NC(=O)[C@H](CS)NC(=O)Cc1ccc(-c2ccccc2)cc1)C(=O)NCCc1ccccc1. The second-order valence-electron chi connectivity index (χ2n) is 11.0. The van der Waals surface area contributed by atoms with Gasteiger partial charge in [-0.1, -0.05) is 91.9 Å². The second-order valence-corrected chi connectivity index (χ2v) is 11.4. The van der Waals surface area contributed by atoms with Crippen molar-refractivity contribution >= 4 is 42.2 Å². The first-order valence-electron chi connectivity index (χ1n) is 15.7. The van der Waals surface area contributed by atoms with E-state index in [-0.39, 0.29) is 42.9 Å². The van der Waals surface area contributed by atoms with Crippen molar-refractivity contribution in [1.29, 1.82) is 0 Å². The van der Waals surface area contributed by atoms with Gasteiger partial charge < -0.3 is 32.7 Å². The third kappa shape index (κ3) is 12.8. The number of thiol groups is 1. The number of carbonyl (C=O) groups is 4. The Morgan fingerprint density at radius 2 is 1.32 bits per heavy atom. The van der Waals surface area contributed by atoms with Crippen molar-refractivity contribution in [2.24, 2.45) is 16.5 Å². The predicted octanol–water partition coefficient (Wildman–Crippen LogP) is 2.10. The molecule has 3 aromatic rings. The fraction of sp³-hybridized carbons (Fsp3) is 0.343. The molecule has 8 N–H and O–H groups in total. The molecule has 3 atom stereocenters. The highest BCUT2D eigenvalue weighted by molar-refractivity contribution is 7.80. The van der Waals surface area contributed by atoms with Crippen LogP contribution in [0.2, 0.25) is 0 Å². The molecule has 0 unspecified atom stereocenters. The smallest absolute Gasteiger partial charge is 0.244 e. The van der Waals surface area contributed by atoms with E-state index in [0.717, 1.165) is 22.3 Å². The second kappa shape index (κ2) is 19.6. The monoisotopic (exact) mass is 659 g/mol. The van der Waals surface area contributed by atoms with Gasteiger partial charge in [-0.2, -0.15) is 12.6 Å². The molecule has 0 aliphatic carbocycles. The number of benzene rings is 3. The van der Waals surface area contributed by atoms with Crippen LogP contribution in [0.15, 0.2) is 89.9 Å². The number of guanidine groups is 1. The number of aliphatic imine (C=N–C) groups is 1. The fourth-order valence-electron chi connectivity index (χ4n) is 4.84. The first-order chi connectivity index (χ1) is 22.7. The lowest BCUT2D eigenvalue weighted by Crippen LogP contribution is -2.57. The summed E-state index contributed by atoms with van der Waals surface area (Å²) in [5.74, 6) is -1.86. The largest absolute Gasteiger partial charge is 0.370 e. The molecule has 0 aliphatic heterocycles. The van der Waals surface area contributed by atoms with Crippen molar-refractivity contribution in [3.63, 3.8) is 0 Å². The minimum atomic E-state index is -1.01. The van der Waals surface area contributed by atoms with E-state index < -0.39 is 29.9 Å². The molecular weight excluding hydrogens is 614 g/mol. The number of amides is 4. The third-order valence-electron chi connectivity index (χ3n) is 7.44. The van der Waals surface area contributed by atoms with Gasteiger partial charge in [-0.15, -0.1) is 0 Å². The Hall–Kier alpha value is -4.84. The number of hydrogen-bond donors (Lipinski definition) is 7. The zero-order valence-electron chi connectivity index (χ0n) is 26.7. The van der Waals surface area contributed by atoms with E-state index in [1.807, 2.05) is 84.9 Å². The van der Waals surface area contributed by atoms with E-state index in [1.165, 1.54) is 0 Å². The number of nitrogens with zero attached hydrogens (tertiary/aromatic N) is 1. The normalized spacial score (nSPS) is 12.6. The molecular formula is C35H45N7O4S. The van der Waals surface area contributed by atoms with E-state index in [4.69, 9.17) is 11.5 Å². The summed E-state index contributed by atoms with van der Waals surface area (Å²) in [5, 5.41) is 11.1. The van der Waals surface area contributed by atoms with Crippen molar-refractivity contribution in [3.05, 3.63) is 96.1 Å². The summed E-state index contributed by atoms with van der Waals surface area (Å²) < 4.78 is 0. The molecule has 0 fully saturated rings. The molecule has 47 heavy (non-hydrogen) atoms. The number of nitrogens with one attached hydrogen (secondary N) is 4. The average Bonchev–Trinajstić information content (AvgIpc) is 3.08. The maximum Gasteiger partial charge on any atom is 0.244 e. The standard InChI is InChI=1S/C35H45N7O4S/c1-2-28(32(44)38-21-19-24-10-5-3-6-11-24)41-33(45)29(14-9-20-39-35(36)37)42-34(46)30(23-47)40-31(43)22-25-15-17-27(18-16-25)26-12-7-4-8-13-26/h3-8,10-13,15-18,28-30,47H,2,9,14,19-23H2,1H3,(H,38,44)(H,40,43)(H,41,45)(H,42,46)(H4,36,37,39)/t28-,29+,30-/m0/s1. The molecule has 3 aromatic carbocycles. The minimum Gasteiger partial charge on any atom is -0.370 e. The summed E-state index contributed by atoms with van der Waals surface area (Å²) in [6.45, 7) is 2.44. The molecule has 0 spiro atoms. The summed E-state index contributed by atoms with van der Waals surface area (Å²) >= 11 is 4.27. The highest BCUT2D eigenvalue weighted by Crippen LogP contribution is 2.19. The van der Waals surface area contributed by atoms with E-state index in [0.29, 0.717) is 25.8 Å². The van der Waals surface area contributed by atoms with Gasteiger partial charge in [-0.05, 0) is 47.9 Å². The van der Waals surface area contributed by atoms with Crippen molar-refractivity contribution in [2.75, 3.05) is 18.8 Å². The third-order valence-corrected chi connectivity index (χ3v) is 7.80. The van der Waals surface area contributed by atoms with Gasteiger partial charge in [-0.3, -0.25) is 24.2 Å². The Morgan fingerprint density at radius 1 is 0.723 bits per heavy atom. The zero-order chi connectivity index (χ0) is 34.0. The van der Waals surface area contributed by atoms with Gasteiger partial charge in [-0.25, -0.2) is 0 Å². The van der Waals surface area contributed by atoms with Gasteiger partial charge in [0.1, 0.15) is 18.1 Å². The first kappa shape index (κ1) is 36.6. The number of nitrogens with two attached hydrogens (primary N) is 2. The van der Waals surface area contributed by atoms with Crippen LogP contribution in [0.3, 0.4) is 0 Å². The van der Waals surface area contributed by atoms with Gasteiger partial charge in [0.2, 0.25) is 23.6 Å². The lowest BCUT2D eigenvalue weighted by molar-refractivity contribution is -0.133. The van der Waals surface area contributed by atoms with Gasteiger partial charge in [0.15, 0.2) is 5.96 Å². The fourth-order valence-corrected chi connectivity index (χ4v) is 5.10. The van der Waals surface area contributed by atoms with Crippen LogP contribution in [0.25, 0.3) is 11.1 Å². The summed E-state index contributed by atoms with van der Waals surface area (Å²) in [6.07, 6.45) is 1.64. The van der Waals surface area contributed by atoms with Crippen molar-refractivity contribution in [1.82, 2.24) is 21.3 Å². The maximum atomic E-state index is 13.4. The quantitative estimate of drug-likeness (QED) is 0.0475. The maximum absolute atomic E-state index is 13.4. The molecule has 0 aliphatic rings. The van der Waals surface area contributed by atoms with Gasteiger partial charge >= 0.3 is 0 Å². The molecule has 0 saturated carbocycles. The summed E-state index contributed by atoms with van der Waals surface area (Å²) in [6, 6.07) is 24.5. The minimum absolute atomic E-state index is 0.00820. The predicted molar refractivity (Wildman–Crippen MR) is 189 cm³/mol. The van der Waals surface area contributed by atoms with Crippen molar-refractivity contribution < 1.29 is 19.2 Å². The van der Waals surface area contributed by atoms with Gasteiger partial charge in [0.25, 0.3) is 0 Å². The molecule has 0 aromatic heterocycles. The molecule has 0 radical (unpaired) electrons. The molecule has 3 rings (SSSR count). The van der Waals surface area contributed by atoms with Crippen LogP contribution in [-0.4, -0.2) is 66.6 Å². The number of rotatable bonds is 18. The average molecular weight is 660 g/mol. The lowest BCUT2D eigenvalue weighted by atomic mass is 10.0. The van der Waals surface area contributed by atoms with Crippen LogP contribution >= 0.6 is 12.6 Å². The van der Waals surface area contributed by atoms with Crippen LogP contribution in [-0.2, 0) is 32.0 Å². The van der Waals surface area contributed by atoms with Crippen LogP contribution in [0, 0.1) is 0 Å². The van der Waals surface area contributed by atoms with Gasteiger partial charge in [0.05, 0.1) is 6.42 Å². The van der Waals surface area contributed by atoms with E-state index in [1.54, 1.807) is 6.92 Å². The summed E-state index contributed by atoms with van der Waals surface area (Å²) in [7, 11) is 0. The van der Waals surface area contributed by atoms with Crippen molar-refractivity contribution in [2.45, 2.75) is 57.2 Å². The molecule has 250 valence electrons. The molecule has 0 heterocycles. The Balaban J connectivity index is 1.59. The van der Waals surface area contributed by atoms with E-state index in [2.05, 4.69) is 38.9 Å². The molecule has 4 amide bonds. The Kier molecular flexibility index (Phi) is 15.3. The van der Waals surface area contributed by atoms with Crippen LogP contribution in [0.1, 0.15) is 37.3 Å². The van der Waals surface area contributed by atoms with Crippen LogP contribution in [0.5, 0.6) is 0 Å². The summed E-state index contributed by atoms with van der Waals surface area (Å²) in [5.41, 5.74) is 14.8. The molecule has 12 heteroatoms. The van der Waals surface area contributed by atoms with E-state index in [9.17, 15) is 19.2 Å². The lowest BCUT2D eigenvalue weighted by Gasteiger charge is -2.24. The molecule has 0 bridgehead atoms. The number of hydrogen-bond acceptors (Lipinski definition) is 6. The van der Waals surface area contributed by atoms with Crippen LogP contribution < -0.4 is 32.7 Å². The highest BCUT2D eigenvalue weighted by atomic mass is 32.1. The first-order valence-corrected chi connectivity index (χ1v) is 16.4. The Bertz CT molecular complexity index is 1470. The van der Waals surface area contributed by atoms with Crippen molar-refractivity contribution in [3.8, 4) is 11.1 Å². The van der Waals surface area contributed by atoms with Gasteiger partial charge in [0, 0.05) is 18.8 Å².